The third-order valence-electron chi connectivity index (χ3n) is 0.313. The summed E-state index contributed by atoms with van der Waals surface area (Å²) in [5.41, 5.74) is 0. The van der Waals surface area contributed by atoms with Crippen LogP contribution in [0.2, 0.25) is 0 Å². The van der Waals surface area contributed by atoms with Crippen LogP contribution in [0.5, 0.6) is 0 Å². The van der Waals surface area contributed by atoms with Crippen LogP contribution in [-0.4, -0.2) is 43.0 Å². The van der Waals surface area contributed by atoms with E-state index in [2.05, 4.69) is 17.5 Å². The number of aliphatic hydroxyl groups is 2. The average Bonchev–Trinajstić information content (AvgIpc) is 2.15. The van der Waals surface area contributed by atoms with E-state index in [1.165, 1.54) is 0 Å². The van der Waals surface area contributed by atoms with Gasteiger partial charge in [0.1, 0.15) is 0 Å². The van der Waals surface area contributed by atoms with Crippen molar-refractivity contribution in [2.75, 3.05) is 13.2 Å². The van der Waals surface area contributed by atoms with Crippen molar-refractivity contribution in [1.82, 2.24) is 0 Å². The van der Waals surface area contributed by atoms with Crippen molar-refractivity contribution in [3.63, 3.8) is 0 Å². The van der Waals surface area contributed by atoms with Crippen molar-refractivity contribution in [3.05, 3.63) is 25.3 Å². The fraction of sp³-hybridized carbons (Fsp3) is 0.500. The van der Waals surface area contributed by atoms with Gasteiger partial charge in [-0.05, 0) is 13.8 Å². The van der Waals surface area contributed by atoms with Crippen molar-refractivity contribution in [2.45, 2.75) is 13.8 Å². The maximum absolute atomic E-state index is 9.63. The van der Waals surface area contributed by atoms with E-state index >= 15 is 0 Å². The van der Waals surface area contributed by atoms with E-state index < -0.39 is 15.6 Å². The van der Waals surface area contributed by atoms with Crippen LogP contribution in [0.15, 0.2) is 25.3 Å². The summed E-state index contributed by atoms with van der Waals surface area (Å²) in [6.45, 7) is 10.2. The fourth-order valence-corrected chi connectivity index (χ4v) is 1.25. The second kappa shape index (κ2) is 17.7. The van der Waals surface area contributed by atoms with Crippen molar-refractivity contribution < 1.29 is 43.2 Å². The Hall–Kier alpha value is -0.340. The minimum Gasteiger partial charge on any atom is -0.394 e. The molecule has 118 valence electrons. The molecule has 0 bridgehead atoms. The summed E-state index contributed by atoms with van der Waals surface area (Å²) in [6.07, 6.45) is 3.50. The Balaban J connectivity index is -0.0000000937. The molecule has 0 aromatic heterocycles. The number of phosphoric acid groups is 2. The lowest BCUT2D eigenvalue weighted by molar-refractivity contribution is 0.186. The second-order valence-corrected chi connectivity index (χ2v) is 4.94. The Bertz CT molecular complexity index is 252. The molecule has 6 N–H and O–H groups in total. The van der Waals surface area contributed by atoms with E-state index in [1.54, 1.807) is 12.2 Å². The summed E-state index contributed by atoms with van der Waals surface area (Å²) in [5, 5.41) is 15.2. The summed E-state index contributed by atoms with van der Waals surface area (Å²) < 4.78 is 22.2. The van der Waals surface area contributed by atoms with Gasteiger partial charge in [0.05, 0.1) is 13.2 Å². The number of rotatable bonds is 3. The quantitative estimate of drug-likeness (QED) is 0.321. The zero-order valence-corrected chi connectivity index (χ0v) is 12.6. The lowest BCUT2D eigenvalue weighted by Gasteiger charge is -2.03. The van der Waals surface area contributed by atoms with E-state index in [9.17, 15) is 9.13 Å². The third-order valence-corrected chi connectivity index (χ3v) is 2.01. The Morgan fingerprint density at radius 3 is 1.05 bits per heavy atom. The number of hydrogen-bond acceptors (Lipinski definition) is 5. The first-order valence-corrected chi connectivity index (χ1v) is 7.69. The molecule has 0 atom stereocenters. The summed E-state index contributed by atoms with van der Waals surface area (Å²) in [7, 11) is -10.1. The molecule has 0 aromatic carbocycles. The smallest absolute Gasteiger partial charge is 0.394 e. The highest BCUT2D eigenvalue weighted by atomic mass is 31.3. The maximum atomic E-state index is 9.63. The third kappa shape index (κ3) is 97.6. The molecule has 0 amide bonds. The molecule has 19 heavy (non-hydrogen) atoms. The van der Waals surface area contributed by atoms with E-state index in [4.69, 9.17) is 29.8 Å². The van der Waals surface area contributed by atoms with Gasteiger partial charge in [0.25, 0.3) is 0 Å². The van der Waals surface area contributed by atoms with Crippen molar-refractivity contribution >= 4 is 15.6 Å². The molecular weight excluding hydrogens is 302 g/mol. The zero-order chi connectivity index (χ0) is 16.5. The molecule has 0 unspecified atom stereocenters. The van der Waals surface area contributed by atoms with Gasteiger partial charge in [-0.15, -0.1) is 13.2 Å². The number of allylic oxidation sites excluding steroid dienone is 2. The van der Waals surface area contributed by atoms with Crippen LogP contribution >= 0.6 is 15.6 Å². The van der Waals surface area contributed by atoms with E-state index in [1.807, 2.05) is 13.8 Å². The van der Waals surface area contributed by atoms with E-state index in [-0.39, 0.29) is 13.2 Å². The summed E-state index contributed by atoms with van der Waals surface area (Å²) in [4.78, 5) is 31.0. The normalized spacial score (nSPS) is 9.47. The van der Waals surface area contributed by atoms with Gasteiger partial charge in [0.15, 0.2) is 0 Å². The van der Waals surface area contributed by atoms with Gasteiger partial charge in [-0.1, -0.05) is 12.2 Å². The molecule has 0 aliphatic heterocycles. The van der Waals surface area contributed by atoms with E-state index in [0.717, 1.165) is 0 Å². The molecule has 0 saturated heterocycles. The molecule has 0 saturated carbocycles. The zero-order valence-electron chi connectivity index (χ0n) is 10.8. The van der Waals surface area contributed by atoms with Crippen LogP contribution in [-0.2, 0) is 13.4 Å². The van der Waals surface area contributed by atoms with Gasteiger partial charge in [0.2, 0.25) is 0 Å². The van der Waals surface area contributed by atoms with Crippen molar-refractivity contribution in [1.29, 1.82) is 0 Å². The van der Waals surface area contributed by atoms with Crippen LogP contribution in [0.1, 0.15) is 13.8 Å². The minimum atomic E-state index is -5.05. The van der Waals surface area contributed by atoms with Crippen LogP contribution < -0.4 is 0 Å². The summed E-state index contributed by atoms with van der Waals surface area (Å²) in [6, 6.07) is 0. The lowest BCUT2D eigenvalue weighted by Crippen LogP contribution is -1.85. The molecular formula is C8H22O9P2. The first kappa shape index (κ1) is 27.1. The average molecular weight is 324 g/mol. The molecule has 0 aliphatic carbocycles. The van der Waals surface area contributed by atoms with Gasteiger partial charge in [-0.25, -0.2) is 9.13 Å². The predicted octanol–water partition coefficient (Wildman–Crippen LogP) is 0.544. The fourth-order valence-electron chi connectivity index (χ4n) is 0.139. The highest BCUT2D eigenvalue weighted by Gasteiger charge is 2.27. The topological polar surface area (TPSA) is 165 Å². The highest BCUT2D eigenvalue weighted by Crippen LogP contribution is 2.53. The Morgan fingerprint density at radius 1 is 0.895 bits per heavy atom. The van der Waals surface area contributed by atoms with Gasteiger partial charge in [0, 0.05) is 0 Å². The molecule has 0 fully saturated rings. The Kier molecular flexibility index (Phi) is 25.2. The van der Waals surface area contributed by atoms with Crippen molar-refractivity contribution in [3.8, 4) is 0 Å². The molecule has 0 radical (unpaired) electrons. The lowest BCUT2D eigenvalue weighted by atomic mass is 10.8. The molecule has 0 rings (SSSR count). The minimum absolute atomic E-state index is 0.125. The molecule has 0 aliphatic rings. The van der Waals surface area contributed by atoms with Crippen LogP contribution in [0.4, 0.5) is 0 Å². The Morgan fingerprint density at radius 2 is 1.05 bits per heavy atom. The first-order chi connectivity index (χ1) is 8.45. The summed E-state index contributed by atoms with van der Waals surface area (Å²) in [5.74, 6) is 0. The predicted molar refractivity (Wildman–Crippen MR) is 71.1 cm³/mol. The largest absolute Gasteiger partial charge is 0.478 e. The molecule has 0 spiro atoms. The van der Waals surface area contributed by atoms with E-state index in [0.29, 0.717) is 0 Å². The number of aliphatic hydroxyl groups excluding tert-OH is 2. The summed E-state index contributed by atoms with van der Waals surface area (Å²) >= 11 is 0. The number of hydrogen-bond donors (Lipinski definition) is 6. The van der Waals surface area contributed by atoms with Crippen molar-refractivity contribution in [2.24, 2.45) is 0 Å². The molecule has 9 nitrogen and oxygen atoms in total. The molecule has 0 heterocycles. The van der Waals surface area contributed by atoms with Gasteiger partial charge < -0.3 is 29.8 Å². The Labute approximate surface area is 112 Å². The maximum Gasteiger partial charge on any atom is 0.478 e. The van der Waals surface area contributed by atoms with Gasteiger partial charge in [-0.3, -0.25) is 0 Å². The van der Waals surface area contributed by atoms with Gasteiger partial charge in [-0.2, -0.15) is 4.31 Å². The molecule has 11 heteroatoms. The van der Waals surface area contributed by atoms with Crippen LogP contribution in [0.3, 0.4) is 0 Å². The molecule has 0 aromatic rings. The van der Waals surface area contributed by atoms with Crippen LogP contribution in [0.25, 0.3) is 0 Å². The highest BCUT2D eigenvalue weighted by molar-refractivity contribution is 7.60. The SMILES string of the molecule is C=CC.C=CC.O=P(O)(O)OP(=O)(O)O.OCCO. The van der Waals surface area contributed by atoms with Crippen LogP contribution in [0, 0.1) is 0 Å². The van der Waals surface area contributed by atoms with Gasteiger partial charge >= 0.3 is 15.6 Å². The second-order valence-electron chi connectivity index (χ2n) is 2.33. The first-order valence-electron chi connectivity index (χ1n) is 4.63. The monoisotopic (exact) mass is 324 g/mol. The standard InChI is InChI=1S/2C3H6.C2H6O2.H4O7P2/c2*1-3-2;3-1-2-4;1-8(2,3)7-9(4,5)6/h2*3H,1H2,2H3;3-4H,1-2H2;(H2,1,2,3)(H2,4,5,6).